The second kappa shape index (κ2) is 11.5. The Labute approximate surface area is 269 Å². The largest absolute Gasteiger partial charge is 0.444 e. The number of alkyl carbamates (subject to hydrolysis) is 1. The van der Waals surface area contributed by atoms with E-state index in [0.29, 0.717) is 11.3 Å². The molecule has 46 heavy (non-hydrogen) atoms. The first-order valence-electron chi connectivity index (χ1n) is 15.7. The number of ether oxygens (including phenoxy) is 2. The summed E-state index contributed by atoms with van der Waals surface area (Å²) in [4.78, 5) is 31.1. The molecule has 1 amide bonds. The van der Waals surface area contributed by atoms with Crippen molar-refractivity contribution in [2.45, 2.75) is 84.5 Å². The highest BCUT2D eigenvalue weighted by atomic mass is 16.6. The third kappa shape index (κ3) is 6.14. The van der Waals surface area contributed by atoms with Crippen molar-refractivity contribution in [3.05, 3.63) is 90.3 Å². The molecule has 238 valence electrons. The molecule has 9 heteroatoms. The van der Waals surface area contributed by atoms with E-state index in [4.69, 9.17) is 14.5 Å². The van der Waals surface area contributed by atoms with Crippen LogP contribution in [-0.4, -0.2) is 42.6 Å². The number of nitrogens with zero attached hydrogens (tertiary/aromatic N) is 4. The van der Waals surface area contributed by atoms with Crippen LogP contribution >= 0.6 is 0 Å². The number of amides is 1. The molecule has 1 aliphatic rings. The van der Waals surface area contributed by atoms with Gasteiger partial charge in [0.1, 0.15) is 16.8 Å². The topological polar surface area (TPSA) is 99.8 Å². The van der Waals surface area contributed by atoms with Crippen molar-refractivity contribution >= 4 is 17.8 Å². The number of carbonyl (C=O) groups is 2. The maximum atomic E-state index is 13.1. The van der Waals surface area contributed by atoms with E-state index in [1.165, 1.54) is 4.68 Å². The first-order chi connectivity index (χ1) is 21.7. The number of aryl methyl sites for hydroxylation is 1. The van der Waals surface area contributed by atoms with Gasteiger partial charge in [-0.1, -0.05) is 54.6 Å². The normalized spacial score (nSPS) is 14.5. The minimum atomic E-state index is -0.671. The Kier molecular flexibility index (Phi) is 7.74. The van der Waals surface area contributed by atoms with Gasteiger partial charge in [-0.05, 0) is 91.0 Å². The lowest BCUT2D eigenvalue weighted by Crippen LogP contribution is -2.52. The van der Waals surface area contributed by atoms with Gasteiger partial charge in [-0.2, -0.15) is 9.78 Å². The summed E-state index contributed by atoms with van der Waals surface area (Å²) >= 11 is 0. The summed E-state index contributed by atoms with van der Waals surface area (Å²) in [6.45, 7) is 13.1. The fraction of sp³-hybridized carbons (Fsp3) is 0.351. The summed E-state index contributed by atoms with van der Waals surface area (Å²) in [6, 6.07) is 22.3. The van der Waals surface area contributed by atoms with Gasteiger partial charge in [0, 0.05) is 22.9 Å². The van der Waals surface area contributed by atoms with Crippen molar-refractivity contribution < 1.29 is 19.1 Å². The van der Waals surface area contributed by atoms with E-state index >= 15 is 0 Å². The molecule has 5 aromatic rings. The minimum Gasteiger partial charge on any atom is -0.444 e. The van der Waals surface area contributed by atoms with Crippen LogP contribution < -0.4 is 5.32 Å². The summed E-state index contributed by atoms with van der Waals surface area (Å²) in [5, 5.41) is 7.46. The molecule has 1 saturated carbocycles. The highest BCUT2D eigenvalue weighted by molar-refractivity contribution is 5.89. The second-order valence-corrected chi connectivity index (χ2v) is 14.0. The summed E-state index contributed by atoms with van der Waals surface area (Å²) < 4.78 is 14.6. The summed E-state index contributed by atoms with van der Waals surface area (Å²) in [5.41, 5.74) is 6.06. The van der Waals surface area contributed by atoms with Crippen molar-refractivity contribution in [2.75, 3.05) is 0 Å². The van der Waals surface area contributed by atoms with Gasteiger partial charge >= 0.3 is 12.2 Å². The maximum absolute atomic E-state index is 13.1. The fourth-order valence-electron chi connectivity index (χ4n) is 5.96. The van der Waals surface area contributed by atoms with Gasteiger partial charge in [-0.25, -0.2) is 14.6 Å². The first-order valence-corrected chi connectivity index (χ1v) is 15.7. The Hall–Kier alpha value is -4.92. The molecule has 0 unspecified atom stereocenters. The first kappa shape index (κ1) is 31.1. The van der Waals surface area contributed by atoms with E-state index in [2.05, 4.69) is 57.4 Å². The predicted octanol–water partition coefficient (Wildman–Crippen LogP) is 8.53. The lowest BCUT2D eigenvalue weighted by atomic mass is 9.71. The highest BCUT2D eigenvalue weighted by Gasteiger charge is 2.41. The number of nitrogens with one attached hydrogen (secondary N) is 1. The molecule has 0 spiro atoms. The molecule has 2 aromatic carbocycles. The average molecular weight is 620 g/mol. The van der Waals surface area contributed by atoms with E-state index in [0.717, 1.165) is 58.5 Å². The SMILES string of the molecule is Cc1cc(-c2ccnn2C(=O)OC(C)(C)C)c2nc(-c3ccc(C4(NC(=O)OC(C)(C)C)CCC4)cc3)c(-c3ccccc3)n2c1. The molecule has 0 bridgehead atoms. The monoisotopic (exact) mass is 619 g/mol. The standard InChI is InChI=1S/C37H41N5O4/c1-24-22-28(29-18-21-38-42(29)34(44)46-36(5,6)7)32-39-30(31(41(32)23-24)26-12-9-8-10-13-26)25-14-16-27(17-15-25)37(19-11-20-37)40-33(43)45-35(2,3)4/h8-10,12-18,21-23H,11,19-20H2,1-7H3,(H,40,43). The number of benzene rings is 2. The predicted molar refractivity (Wildman–Crippen MR) is 179 cm³/mol. The van der Waals surface area contributed by atoms with Crippen LogP contribution in [0.3, 0.4) is 0 Å². The summed E-state index contributed by atoms with van der Waals surface area (Å²) in [6.07, 6.45) is 5.44. The Morgan fingerprint density at radius 2 is 1.54 bits per heavy atom. The molecule has 0 aliphatic heterocycles. The molecule has 0 saturated heterocycles. The number of fused-ring (bicyclic) bond motifs is 1. The second-order valence-electron chi connectivity index (χ2n) is 14.0. The van der Waals surface area contributed by atoms with Crippen molar-refractivity contribution in [1.82, 2.24) is 24.5 Å². The Bertz CT molecular complexity index is 1900. The maximum Gasteiger partial charge on any atom is 0.435 e. The van der Waals surface area contributed by atoms with Crippen LogP contribution in [0.1, 0.15) is 71.9 Å². The number of hydrogen-bond acceptors (Lipinski definition) is 6. The molecule has 1 fully saturated rings. The fourth-order valence-corrected chi connectivity index (χ4v) is 5.96. The van der Waals surface area contributed by atoms with E-state index in [1.807, 2.05) is 72.7 Å². The number of carbonyl (C=O) groups excluding carboxylic acids is 2. The lowest BCUT2D eigenvalue weighted by molar-refractivity contribution is 0.0376. The van der Waals surface area contributed by atoms with E-state index in [-0.39, 0.29) is 0 Å². The average Bonchev–Trinajstić information content (AvgIpc) is 3.59. The van der Waals surface area contributed by atoms with Crippen molar-refractivity contribution in [3.8, 4) is 33.8 Å². The molecule has 1 N–H and O–H groups in total. The highest BCUT2D eigenvalue weighted by Crippen LogP contribution is 2.43. The van der Waals surface area contributed by atoms with Crippen LogP contribution in [0.5, 0.6) is 0 Å². The number of imidazole rings is 1. The molecule has 1 aliphatic carbocycles. The lowest BCUT2D eigenvalue weighted by Gasteiger charge is -2.43. The van der Waals surface area contributed by atoms with Gasteiger partial charge in [-0.15, -0.1) is 0 Å². The smallest absolute Gasteiger partial charge is 0.435 e. The van der Waals surface area contributed by atoms with Gasteiger partial charge in [0.05, 0.1) is 28.8 Å². The number of pyridine rings is 1. The van der Waals surface area contributed by atoms with Gasteiger partial charge in [0.25, 0.3) is 0 Å². The van der Waals surface area contributed by atoms with Crippen molar-refractivity contribution in [3.63, 3.8) is 0 Å². The number of hydrogen-bond donors (Lipinski definition) is 1. The van der Waals surface area contributed by atoms with Crippen LogP contribution in [0.2, 0.25) is 0 Å². The quantitative estimate of drug-likeness (QED) is 0.212. The zero-order chi connectivity index (χ0) is 32.9. The molecule has 3 aromatic heterocycles. The number of rotatable bonds is 5. The minimum absolute atomic E-state index is 0.406. The molecule has 3 heterocycles. The molecule has 9 nitrogen and oxygen atoms in total. The molecule has 0 atom stereocenters. The Morgan fingerprint density at radius 1 is 0.870 bits per heavy atom. The van der Waals surface area contributed by atoms with Crippen LogP contribution in [0, 0.1) is 6.92 Å². The summed E-state index contributed by atoms with van der Waals surface area (Å²) in [5.74, 6) is 0. The van der Waals surface area contributed by atoms with Crippen LogP contribution in [0.4, 0.5) is 9.59 Å². The van der Waals surface area contributed by atoms with Gasteiger partial charge in [0.15, 0.2) is 0 Å². The molecular formula is C37H41N5O4. The van der Waals surface area contributed by atoms with E-state index in [9.17, 15) is 9.59 Å². The van der Waals surface area contributed by atoms with Gasteiger partial charge in [-0.3, -0.25) is 4.40 Å². The third-order valence-corrected chi connectivity index (χ3v) is 8.05. The Balaban J connectivity index is 1.46. The molecule has 6 rings (SSSR count). The van der Waals surface area contributed by atoms with E-state index < -0.39 is 28.9 Å². The van der Waals surface area contributed by atoms with E-state index in [1.54, 1.807) is 12.3 Å². The van der Waals surface area contributed by atoms with Crippen molar-refractivity contribution in [1.29, 1.82) is 0 Å². The number of aromatic nitrogens is 4. The van der Waals surface area contributed by atoms with Crippen LogP contribution in [0.15, 0.2) is 79.1 Å². The van der Waals surface area contributed by atoms with Crippen LogP contribution in [0.25, 0.3) is 39.4 Å². The molecular weight excluding hydrogens is 578 g/mol. The zero-order valence-corrected chi connectivity index (χ0v) is 27.5. The van der Waals surface area contributed by atoms with Crippen molar-refractivity contribution in [2.24, 2.45) is 0 Å². The third-order valence-electron chi connectivity index (χ3n) is 8.05. The summed E-state index contributed by atoms with van der Waals surface area (Å²) in [7, 11) is 0. The Morgan fingerprint density at radius 3 is 2.15 bits per heavy atom. The van der Waals surface area contributed by atoms with Gasteiger partial charge in [0.2, 0.25) is 0 Å². The van der Waals surface area contributed by atoms with Gasteiger partial charge < -0.3 is 14.8 Å². The zero-order valence-electron chi connectivity index (χ0n) is 27.5. The molecule has 0 radical (unpaired) electrons. The van der Waals surface area contributed by atoms with Crippen LogP contribution in [-0.2, 0) is 15.0 Å².